The van der Waals surface area contributed by atoms with Gasteiger partial charge in [-0.1, -0.05) is 29.8 Å². The van der Waals surface area contributed by atoms with Gasteiger partial charge in [-0.05, 0) is 25.1 Å². The highest BCUT2D eigenvalue weighted by molar-refractivity contribution is 6.29. The van der Waals surface area contributed by atoms with Crippen LogP contribution >= 0.6 is 11.6 Å². The number of aromatic nitrogens is 1. The first-order valence-corrected chi connectivity index (χ1v) is 7.22. The lowest BCUT2D eigenvalue weighted by Crippen LogP contribution is -2.24. The zero-order valence-electron chi connectivity index (χ0n) is 12.2. The lowest BCUT2D eigenvalue weighted by atomic mass is 10.1. The molecule has 0 fully saturated rings. The van der Waals surface area contributed by atoms with Gasteiger partial charge in [0.2, 0.25) is 0 Å². The third kappa shape index (κ3) is 4.19. The molecule has 2 aromatic rings. The normalized spacial score (nSPS) is 10.3. The van der Waals surface area contributed by atoms with E-state index < -0.39 is 0 Å². The summed E-state index contributed by atoms with van der Waals surface area (Å²) < 4.78 is 5.43. The predicted molar refractivity (Wildman–Crippen MR) is 84.2 cm³/mol. The minimum Gasteiger partial charge on any atom is -0.491 e. The number of benzene rings is 1. The number of amides is 1. The molecule has 0 atom stereocenters. The number of nitrogens with one attached hydrogen (secondary N) is 1. The number of halogens is 1. The number of hydrogen-bond acceptors (Lipinski definition) is 4. The van der Waals surface area contributed by atoms with Crippen molar-refractivity contribution in [1.82, 2.24) is 10.3 Å². The SMILES string of the molecule is Cc1nc(Cl)ccc1C(=O)NCc1ccccc1OCCO. The highest BCUT2D eigenvalue weighted by Crippen LogP contribution is 2.18. The van der Waals surface area contributed by atoms with Gasteiger partial charge in [-0.25, -0.2) is 4.98 Å². The van der Waals surface area contributed by atoms with E-state index in [1.807, 2.05) is 18.2 Å². The molecule has 0 aliphatic rings. The van der Waals surface area contributed by atoms with Gasteiger partial charge >= 0.3 is 0 Å². The molecule has 0 saturated heterocycles. The van der Waals surface area contributed by atoms with Gasteiger partial charge < -0.3 is 15.2 Å². The minimum atomic E-state index is -0.223. The quantitative estimate of drug-likeness (QED) is 0.801. The smallest absolute Gasteiger partial charge is 0.253 e. The number of ether oxygens (including phenoxy) is 1. The van der Waals surface area contributed by atoms with Crippen LogP contribution in [0.2, 0.25) is 5.15 Å². The molecule has 116 valence electrons. The van der Waals surface area contributed by atoms with Crippen LogP contribution < -0.4 is 10.1 Å². The largest absolute Gasteiger partial charge is 0.491 e. The Morgan fingerprint density at radius 1 is 1.32 bits per heavy atom. The molecular formula is C16H17ClN2O3. The Morgan fingerprint density at radius 2 is 2.09 bits per heavy atom. The Balaban J connectivity index is 2.05. The molecule has 0 spiro atoms. The molecule has 0 aliphatic carbocycles. The maximum absolute atomic E-state index is 12.2. The number of hydrogen-bond donors (Lipinski definition) is 2. The van der Waals surface area contributed by atoms with Crippen molar-refractivity contribution in [3.05, 3.63) is 58.4 Å². The Kier molecular flexibility index (Phi) is 5.75. The Morgan fingerprint density at radius 3 is 2.82 bits per heavy atom. The van der Waals surface area contributed by atoms with Crippen LogP contribution in [0, 0.1) is 6.92 Å². The second-order valence-electron chi connectivity index (χ2n) is 4.63. The summed E-state index contributed by atoms with van der Waals surface area (Å²) in [5.74, 6) is 0.418. The molecule has 5 nitrogen and oxygen atoms in total. The zero-order chi connectivity index (χ0) is 15.9. The van der Waals surface area contributed by atoms with Gasteiger partial charge in [-0.15, -0.1) is 0 Å². The molecular weight excluding hydrogens is 304 g/mol. The monoisotopic (exact) mass is 320 g/mol. The Hall–Kier alpha value is -2.11. The van der Waals surface area contributed by atoms with E-state index in [9.17, 15) is 4.79 Å². The molecule has 0 aliphatic heterocycles. The van der Waals surface area contributed by atoms with Crippen molar-refractivity contribution in [3.8, 4) is 5.75 Å². The van der Waals surface area contributed by atoms with Gasteiger partial charge in [0.1, 0.15) is 17.5 Å². The van der Waals surface area contributed by atoms with Gasteiger partial charge in [-0.2, -0.15) is 0 Å². The van der Waals surface area contributed by atoms with Crippen molar-refractivity contribution in [2.75, 3.05) is 13.2 Å². The van der Waals surface area contributed by atoms with Crippen molar-refractivity contribution in [1.29, 1.82) is 0 Å². The maximum Gasteiger partial charge on any atom is 0.253 e. The van der Waals surface area contributed by atoms with E-state index in [-0.39, 0.29) is 19.1 Å². The average molecular weight is 321 g/mol. The molecule has 1 amide bonds. The lowest BCUT2D eigenvalue weighted by Gasteiger charge is -2.12. The zero-order valence-corrected chi connectivity index (χ0v) is 12.9. The van der Waals surface area contributed by atoms with Gasteiger partial charge in [0, 0.05) is 12.1 Å². The summed E-state index contributed by atoms with van der Waals surface area (Å²) in [5.41, 5.74) is 1.90. The van der Waals surface area contributed by atoms with E-state index in [1.165, 1.54) is 0 Å². The summed E-state index contributed by atoms with van der Waals surface area (Å²) in [6.45, 7) is 2.21. The molecule has 2 N–H and O–H groups in total. The summed E-state index contributed by atoms with van der Waals surface area (Å²) in [6, 6.07) is 10.6. The van der Waals surface area contributed by atoms with E-state index in [0.29, 0.717) is 28.7 Å². The second kappa shape index (κ2) is 7.77. The van der Waals surface area contributed by atoms with E-state index in [0.717, 1.165) is 5.56 Å². The number of aliphatic hydroxyl groups is 1. The molecule has 0 bridgehead atoms. The van der Waals surface area contributed by atoms with Crippen LogP contribution in [-0.2, 0) is 6.54 Å². The van der Waals surface area contributed by atoms with E-state index in [4.69, 9.17) is 21.4 Å². The summed E-state index contributed by atoms with van der Waals surface area (Å²) in [4.78, 5) is 16.3. The standard InChI is InChI=1S/C16H17ClN2O3/c1-11-13(6-7-15(17)19-11)16(21)18-10-12-4-2-3-5-14(12)22-9-8-20/h2-7,20H,8-10H2,1H3,(H,18,21). The maximum atomic E-state index is 12.2. The van der Waals surface area contributed by atoms with Crippen LogP contribution in [0.4, 0.5) is 0 Å². The molecule has 0 saturated carbocycles. The summed E-state index contributed by atoms with van der Waals surface area (Å²) in [5, 5.41) is 12.0. The van der Waals surface area contributed by atoms with E-state index >= 15 is 0 Å². The number of aliphatic hydroxyl groups excluding tert-OH is 1. The van der Waals surface area contributed by atoms with Crippen LogP contribution in [0.3, 0.4) is 0 Å². The highest BCUT2D eigenvalue weighted by Gasteiger charge is 2.11. The van der Waals surface area contributed by atoms with Gasteiger partial charge in [0.05, 0.1) is 17.9 Å². The first kappa shape index (κ1) is 16.3. The second-order valence-corrected chi connectivity index (χ2v) is 5.02. The topological polar surface area (TPSA) is 71.5 Å². The molecule has 2 rings (SSSR count). The summed E-state index contributed by atoms with van der Waals surface area (Å²) in [7, 11) is 0. The van der Waals surface area contributed by atoms with Crippen molar-refractivity contribution in [2.45, 2.75) is 13.5 Å². The van der Waals surface area contributed by atoms with Gasteiger partial charge in [0.25, 0.3) is 5.91 Å². The van der Waals surface area contributed by atoms with Crippen molar-refractivity contribution < 1.29 is 14.6 Å². The summed E-state index contributed by atoms with van der Waals surface area (Å²) in [6.07, 6.45) is 0. The first-order valence-electron chi connectivity index (χ1n) is 6.84. The van der Waals surface area contributed by atoms with Crippen molar-refractivity contribution >= 4 is 17.5 Å². The van der Waals surface area contributed by atoms with Crippen molar-refractivity contribution in [2.24, 2.45) is 0 Å². The van der Waals surface area contributed by atoms with Crippen LogP contribution in [0.15, 0.2) is 36.4 Å². The minimum absolute atomic E-state index is 0.0592. The number of carbonyl (C=O) groups is 1. The van der Waals surface area contributed by atoms with Gasteiger partial charge in [-0.3, -0.25) is 4.79 Å². The number of aryl methyl sites for hydroxylation is 1. The average Bonchev–Trinajstić information content (AvgIpc) is 2.51. The Labute approximate surface area is 133 Å². The first-order chi connectivity index (χ1) is 10.6. The molecule has 22 heavy (non-hydrogen) atoms. The van der Waals surface area contributed by atoms with Crippen LogP contribution in [0.1, 0.15) is 21.6 Å². The van der Waals surface area contributed by atoms with Crippen LogP contribution in [0.5, 0.6) is 5.75 Å². The molecule has 0 unspecified atom stereocenters. The number of para-hydroxylation sites is 1. The number of pyridine rings is 1. The molecule has 6 heteroatoms. The van der Waals surface area contributed by atoms with Crippen LogP contribution in [-0.4, -0.2) is 29.2 Å². The number of rotatable bonds is 6. The fraction of sp³-hybridized carbons (Fsp3) is 0.250. The molecule has 1 aromatic carbocycles. The third-order valence-electron chi connectivity index (χ3n) is 3.06. The highest BCUT2D eigenvalue weighted by atomic mass is 35.5. The van der Waals surface area contributed by atoms with Gasteiger partial charge in [0.15, 0.2) is 0 Å². The number of carbonyl (C=O) groups excluding carboxylic acids is 1. The third-order valence-corrected chi connectivity index (χ3v) is 3.27. The molecule has 1 heterocycles. The fourth-order valence-corrected chi connectivity index (χ4v) is 2.18. The Bertz CT molecular complexity index is 662. The van der Waals surface area contributed by atoms with Crippen LogP contribution in [0.25, 0.3) is 0 Å². The molecule has 0 radical (unpaired) electrons. The summed E-state index contributed by atoms with van der Waals surface area (Å²) >= 11 is 5.78. The molecule has 1 aromatic heterocycles. The predicted octanol–water partition coefficient (Wildman–Crippen LogP) is 2.34. The van der Waals surface area contributed by atoms with E-state index in [2.05, 4.69) is 10.3 Å². The number of nitrogens with zero attached hydrogens (tertiary/aromatic N) is 1. The van der Waals surface area contributed by atoms with E-state index in [1.54, 1.807) is 25.1 Å². The van der Waals surface area contributed by atoms with Crippen molar-refractivity contribution in [3.63, 3.8) is 0 Å². The fourth-order valence-electron chi connectivity index (χ4n) is 1.99. The lowest BCUT2D eigenvalue weighted by molar-refractivity contribution is 0.0949.